The fourth-order valence-electron chi connectivity index (χ4n) is 1.09. The van der Waals surface area contributed by atoms with Gasteiger partial charge < -0.3 is 5.32 Å². The summed E-state index contributed by atoms with van der Waals surface area (Å²) >= 11 is 1.58. The first-order chi connectivity index (χ1) is 7.79. The Morgan fingerprint density at radius 2 is 2.50 bits per heavy atom. The van der Waals surface area contributed by atoms with Gasteiger partial charge in [-0.05, 0) is 11.6 Å². The first-order valence-corrected chi connectivity index (χ1v) is 5.56. The molecule has 0 radical (unpaired) electrons. The molecule has 0 spiro atoms. The number of amides is 1. The molecule has 0 unspecified atom stereocenters. The number of nitrogens with zero attached hydrogens (tertiary/aromatic N) is 4. The number of aromatic nitrogens is 5. The monoisotopic (exact) mass is 238 g/mol. The third kappa shape index (κ3) is 2.40. The van der Waals surface area contributed by atoms with Crippen LogP contribution in [-0.4, -0.2) is 31.5 Å². The summed E-state index contributed by atoms with van der Waals surface area (Å²) in [5.74, 6) is -0.325. The number of aryl methyl sites for hydroxylation is 1. The van der Waals surface area contributed by atoms with Crippen LogP contribution >= 0.6 is 11.3 Å². The van der Waals surface area contributed by atoms with E-state index < -0.39 is 0 Å². The highest BCUT2D eigenvalue weighted by Gasteiger charge is 2.10. The summed E-state index contributed by atoms with van der Waals surface area (Å²) < 4.78 is 0. The van der Waals surface area contributed by atoms with E-state index in [1.165, 1.54) is 4.88 Å². The first kappa shape index (κ1) is 10.7. The molecule has 0 aliphatic carbocycles. The summed E-state index contributed by atoms with van der Waals surface area (Å²) in [6, 6.07) is 0. The largest absolute Gasteiger partial charge is 0.343 e. The van der Waals surface area contributed by atoms with Crippen molar-refractivity contribution < 1.29 is 4.79 Å². The van der Waals surface area contributed by atoms with E-state index in [0.29, 0.717) is 6.54 Å². The second kappa shape index (κ2) is 4.79. The summed E-state index contributed by atoms with van der Waals surface area (Å²) in [5.41, 5.74) is 0. The smallest absolute Gasteiger partial charge is 0.293 e. The second-order valence-corrected chi connectivity index (χ2v) is 4.19. The van der Waals surface area contributed by atoms with Gasteiger partial charge in [0.05, 0.1) is 6.54 Å². The van der Waals surface area contributed by atoms with Crippen molar-refractivity contribution in [2.45, 2.75) is 19.9 Å². The lowest BCUT2D eigenvalue weighted by Crippen LogP contribution is -2.23. The number of carbonyl (C=O) groups is 1. The lowest BCUT2D eigenvalue weighted by atomic mass is 10.4. The number of rotatable bonds is 4. The topological polar surface area (TPSA) is 96.5 Å². The van der Waals surface area contributed by atoms with Crippen molar-refractivity contribution in [2.24, 2.45) is 0 Å². The molecular weight excluding hydrogens is 228 g/mol. The maximum absolute atomic E-state index is 11.4. The van der Waals surface area contributed by atoms with E-state index in [-0.39, 0.29) is 11.7 Å². The molecule has 8 heteroatoms. The number of hydrogen-bond donors (Lipinski definition) is 2. The van der Waals surface area contributed by atoms with E-state index >= 15 is 0 Å². The molecule has 0 saturated carbocycles. The van der Waals surface area contributed by atoms with Crippen molar-refractivity contribution in [3.8, 4) is 0 Å². The van der Waals surface area contributed by atoms with E-state index in [4.69, 9.17) is 0 Å². The highest BCUT2D eigenvalue weighted by Crippen LogP contribution is 2.12. The number of tetrazole rings is 1. The fraction of sp³-hybridized carbons (Fsp3) is 0.375. The summed E-state index contributed by atoms with van der Waals surface area (Å²) in [7, 11) is 0. The molecule has 0 fully saturated rings. The Morgan fingerprint density at radius 1 is 1.62 bits per heavy atom. The molecular formula is C8H10N6OS. The highest BCUT2D eigenvalue weighted by atomic mass is 32.1. The SMILES string of the molecule is CCc1cnc(CNC(=O)c2nn[nH]n2)s1. The number of H-pyrrole nitrogens is 1. The molecule has 0 atom stereocenters. The van der Waals surface area contributed by atoms with Gasteiger partial charge in [0, 0.05) is 11.1 Å². The zero-order chi connectivity index (χ0) is 11.4. The molecule has 16 heavy (non-hydrogen) atoms. The zero-order valence-corrected chi connectivity index (χ0v) is 9.41. The van der Waals surface area contributed by atoms with Crippen LogP contribution in [0.3, 0.4) is 0 Å². The standard InChI is InChI=1S/C8H10N6OS/c1-2-5-3-9-6(16-5)4-10-8(15)7-11-13-14-12-7/h3H,2,4H2,1H3,(H,10,15)(H,11,12,13,14). The van der Waals surface area contributed by atoms with Crippen molar-refractivity contribution in [3.05, 3.63) is 21.9 Å². The van der Waals surface area contributed by atoms with Crippen molar-refractivity contribution >= 4 is 17.2 Å². The Bertz CT molecular complexity index is 465. The Balaban J connectivity index is 1.90. The molecule has 2 heterocycles. The van der Waals surface area contributed by atoms with Gasteiger partial charge >= 0.3 is 0 Å². The summed E-state index contributed by atoms with van der Waals surface area (Å²) in [5, 5.41) is 16.2. The van der Waals surface area contributed by atoms with Crippen LogP contribution in [0.4, 0.5) is 0 Å². The van der Waals surface area contributed by atoms with Gasteiger partial charge in [-0.1, -0.05) is 6.92 Å². The molecule has 2 aromatic rings. The highest BCUT2D eigenvalue weighted by molar-refractivity contribution is 7.11. The number of nitrogens with one attached hydrogen (secondary N) is 2. The van der Waals surface area contributed by atoms with Gasteiger partial charge in [-0.25, -0.2) is 4.98 Å². The number of carbonyl (C=O) groups excluding carboxylic acids is 1. The Labute approximate surface area is 95.3 Å². The van der Waals surface area contributed by atoms with Crippen LogP contribution in [-0.2, 0) is 13.0 Å². The van der Waals surface area contributed by atoms with Crippen LogP contribution < -0.4 is 5.32 Å². The van der Waals surface area contributed by atoms with Crippen LogP contribution in [0.15, 0.2) is 6.20 Å². The third-order valence-corrected chi connectivity index (χ3v) is 3.04. The maximum Gasteiger partial charge on any atom is 0.293 e. The molecule has 0 aromatic carbocycles. The molecule has 2 rings (SSSR count). The quantitative estimate of drug-likeness (QED) is 0.790. The van der Waals surface area contributed by atoms with Crippen molar-refractivity contribution in [2.75, 3.05) is 0 Å². The van der Waals surface area contributed by atoms with Crippen molar-refractivity contribution in [1.82, 2.24) is 30.9 Å². The van der Waals surface area contributed by atoms with Crippen LogP contribution in [0.2, 0.25) is 0 Å². The zero-order valence-electron chi connectivity index (χ0n) is 8.60. The van der Waals surface area contributed by atoms with Gasteiger partial charge in [0.15, 0.2) is 0 Å². The van der Waals surface area contributed by atoms with E-state index in [0.717, 1.165) is 11.4 Å². The van der Waals surface area contributed by atoms with Crippen LogP contribution in [0.25, 0.3) is 0 Å². The number of hydrogen-bond acceptors (Lipinski definition) is 6. The molecule has 2 N–H and O–H groups in total. The van der Waals surface area contributed by atoms with Gasteiger partial charge in [-0.2, -0.15) is 5.21 Å². The minimum absolute atomic E-state index is 0.0345. The fourth-order valence-corrected chi connectivity index (χ4v) is 1.89. The Morgan fingerprint density at radius 3 is 3.12 bits per heavy atom. The van der Waals surface area contributed by atoms with Gasteiger partial charge in [-0.15, -0.1) is 21.5 Å². The van der Waals surface area contributed by atoms with Crippen LogP contribution in [0.1, 0.15) is 27.4 Å². The average Bonchev–Trinajstić information content (AvgIpc) is 2.96. The number of thiazole rings is 1. The third-order valence-electron chi connectivity index (χ3n) is 1.90. The predicted molar refractivity (Wildman–Crippen MR) is 56.8 cm³/mol. The summed E-state index contributed by atoms with van der Waals surface area (Å²) in [4.78, 5) is 16.8. The van der Waals surface area contributed by atoms with Gasteiger partial charge in [0.2, 0.25) is 0 Å². The normalized spacial score (nSPS) is 10.3. The van der Waals surface area contributed by atoms with E-state index in [2.05, 4.69) is 37.8 Å². The number of aromatic amines is 1. The van der Waals surface area contributed by atoms with Crippen LogP contribution in [0.5, 0.6) is 0 Å². The minimum Gasteiger partial charge on any atom is -0.343 e. The van der Waals surface area contributed by atoms with Crippen LogP contribution in [0, 0.1) is 0 Å². The molecule has 2 aromatic heterocycles. The van der Waals surface area contributed by atoms with Gasteiger partial charge in [-0.3, -0.25) is 4.79 Å². The average molecular weight is 238 g/mol. The van der Waals surface area contributed by atoms with Crippen molar-refractivity contribution in [1.29, 1.82) is 0 Å². The second-order valence-electron chi connectivity index (χ2n) is 2.99. The first-order valence-electron chi connectivity index (χ1n) is 4.75. The molecule has 0 saturated heterocycles. The van der Waals surface area contributed by atoms with E-state index in [9.17, 15) is 4.79 Å². The molecule has 0 aliphatic heterocycles. The van der Waals surface area contributed by atoms with Gasteiger partial charge in [0.25, 0.3) is 11.7 Å². The summed E-state index contributed by atoms with van der Waals surface area (Å²) in [6.07, 6.45) is 2.77. The molecule has 0 aliphatic rings. The van der Waals surface area contributed by atoms with Gasteiger partial charge in [0.1, 0.15) is 5.01 Å². The molecule has 0 bridgehead atoms. The Hall–Kier alpha value is -1.83. The molecule has 84 valence electrons. The minimum atomic E-state index is -0.359. The Kier molecular flexibility index (Phi) is 3.20. The van der Waals surface area contributed by atoms with Crippen molar-refractivity contribution in [3.63, 3.8) is 0 Å². The maximum atomic E-state index is 11.4. The molecule has 1 amide bonds. The lowest BCUT2D eigenvalue weighted by molar-refractivity contribution is 0.0940. The predicted octanol–water partition coefficient (Wildman–Crippen LogP) is 0.149. The van der Waals surface area contributed by atoms with E-state index in [1.54, 1.807) is 11.3 Å². The van der Waals surface area contributed by atoms with E-state index in [1.807, 2.05) is 6.20 Å². The summed E-state index contributed by atoms with van der Waals surface area (Å²) in [6.45, 7) is 2.45. The molecule has 7 nitrogen and oxygen atoms in total. The lowest BCUT2D eigenvalue weighted by Gasteiger charge is -1.97.